The number of ketones is 1. The first-order chi connectivity index (χ1) is 13.3. The van der Waals surface area contributed by atoms with Gasteiger partial charge in [-0.3, -0.25) is 4.79 Å². The summed E-state index contributed by atoms with van der Waals surface area (Å²) in [5.74, 6) is -0.482. The number of aliphatic hydroxyl groups is 2. The average Bonchev–Trinajstić information content (AvgIpc) is 2.88. The number of methoxy groups -OCH3 is 1. The van der Waals surface area contributed by atoms with Crippen LogP contribution in [-0.4, -0.2) is 41.3 Å². The second-order valence-corrected chi connectivity index (χ2v) is 7.49. The van der Waals surface area contributed by atoms with Crippen LogP contribution in [0.1, 0.15) is 52.9 Å². The summed E-state index contributed by atoms with van der Waals surface area (Å²) >= 11 is 0. The van der Waals surface area contributed by atoms with Gasteiger partial charge in [0.05, 0.1) is 18.9 Å². The van der Waals surface area contributed by atoms with Crippen molar-refractivity contribution in [3.05, 3.63) is 46.5 Å². The highest BCUT2D eigenvalue weighted by Gasteiger charge is 2.47. The second kappa shape index (κ2) is 9.34. The Morgan fingerprint density at radius 3 is 2.61 bits per heavy atom. The van der Waals surface area contributed by atoms with Crippen molar-refractivity contribution < 1.29 is 29.3 Å². The summed E-state index contributed by atoms with van der Waals surface area (Å²) < 4.78 is 10.3. The first-order valence-electron chi connectivity index (χ1n) is 9.72. The largest absolute Gasteiger partial charge is 0.469 e. The Labute approximate surface area is 166 Å². The second-order valence-electron chi connectivity index (χ2n) is 7.49. The molecule has 2 aliphatic rings. The zero-order valence-electron chi connectivity index (χ0n) is 17.1. The summed E-state index contributed by atoms with van der Waals surface area (Å²) in [6, 6.07) is 0. The van der Waals surface area contributed by atoms with Crippen LogP contribution in [0.15, 0.2) is 46.5 Å². The van der Waals surface area contributed by atoms with Crippen molar-refractivity contribution in [2.75, 3.05) is 13.7 Å². The monoisotopic (exact) mass is 390 g/mol. The fraction of sp³-hybridized carbons (Fsp3) is 0.545. The van der Waals surface area contributed by atoms with Crippen molar-refractivity contribution in [2.45, 2.75) is 58.5 Å². The number of ether oxygens (including phenoxy) is 2. The van der Waals surface area contributed by atoms with Crippen molar-refractivity contribution in [3.63, 3.8) is 0 Å². The van der Waals surface area contributed by atoms with Crippen molar-refractivity contribution in [2.24, 2.45) is 5.92 Å². The van der Waals surface area contributed by atoms with Gasteiger partial charge in [-0.2, -0.15) is 0 Å². The van der Waals surface area contributed by atoms with E-state index >= 15 is 0 Å². The lowest BCUT2D eigenvalue weighted by Gasteiger charge is -2.25. The molecule has 0 bridgehead atoms. The van der Waals surface area contributed by atoms with Crippen LogP contribution in [0.4, 0.5) is 0 Å². The molecule has 0 aromatic heterocycles. The lowest BCUT2D eigenvalue weighted by Crippen LogP contribution is -2.29. The first-order valence-corrected chi connectivity index (χ1v) is 9.72. The molecule has 2 rings (SSSR count). The molecule has 154 valence electrons. The molecule has 0 spiro atoms. The van der Waals surface area contributed by atoms with Gasteiger partial charge in [0.25, 0.3) is 0 Å². The molecule has 0 aromatic carbocycles. The van der Waals surface area contributed by atoms with E-state index in [2.05, 4.69) is 0 Å². The van der Waals surface area contributed by atoms with E-state index in [1.807, 2.05) is 6.92 Å². The van der Waals surface area contributed by atoms with Crippen LogP contribution in [0.25, 0.3) is 0 Å². The summed E-state index contributed by atoms with van der Waals surface area (Å²) in [5.41, 5.74) is -0.0761. The minimum atomic E-state index is -1.52. The summed E-state index contributed by atoms with van der Waals surface area (Å²) in [6.45, 7) is 5.31. The molecule has 0 unspecified atom stereocenters. The normalized spacial score (nSPS) is 23.7. The van der Waals surface area contributed by atoms with E-state index in [4.69, 9.17) is 14.6 Å². The Morgan fingerprint density at radius 1 is 1.29 bits per heavy atom. The lowest BCUT2D eigenvalue weighted by molar-refractivity contribution is -0.135. The van der Waals surface area contributed by atoms with Crippen LogP contribution in [-0.2, 0) is 19.1 Å². The van der Waals surface area contributed by atoms with Gasteiger partial charge in [-0.15, -0.1) is 0 Å². The van der Waals surface area contributed by atoms with Crippen LogP contribution in [0.3, 0.4) is 0 Å². The van der Waals surface area contributed by atoms with Crippen molar-refractivity contribution in [1.29, 1.82) is 0 Å². The highest BCUT2D eigenvalue weighted by atomic mass is 16.5. The third-order valence-corrected chi connectivity index (χ3v) is 5.36. The van der Waals surface area contributed by atoms with Gasteiger partial charge in [0.15, 0.2) is 5.78 Å². The van der Waals surface area contributed by atoms with Crippen LogP contribution in [0, 0.1) is 5.92 Å². The molecule has 1 aliphatic heterocycles. The average molecular weight is 390 g/mol. The van der Waals surface area contributed by atoms with Gasteiger partial charge in [0.1, 0.15) is 11.4 Å². The predicted molar refractivity (Wildman–Crippen MR) is 105 cm³/mol. The maximum absolute atomic E-state index is 12.8. The van der Waals surface area contributed by atoms with E-state index in [1.54, 1.807) is 19.9 Å². The summed E-state index contributed by atoms with van der Waals surface area (Å²) in [6.07, 6.45) is 8.71. The van der Waals surface area contributed by atoms with E-state index in [-0.39, 0.29) is 29.5 Å². The number of hydrogen-bond acceptors (Lipinski definition) is 6. The summed E-state index contributed by atoms with van der Waals surface area (Å²) in [5, 5.41) is 20.0. The maximum atomic E-state index is 12.8. The fourth-order valence-electron chi connectivity index (χ4n) is 3.75. The standard InChI is InChI=1S/C22H30O6/c1-14(9-7-5-6-8-11-23)18(24)13-17-19(21(25)27-4)16-10-12-28-15(2)20(16)22(17,3)26/h10,12-14,23,26H,5-9,11H2,1-4H3/b17-13+/t14-,22+/m0/s1. The molecular formula is C22H30O6. The fourth-order valence-corrected chi connectivity index (χ4v) is 3.75. The van der Waals surface area contributed by atoms with Crippen molar-refractivity contribution in [3.8, 4) is 0 Å². The molecule has 0 saturated carbocycles. The van der Waals surface area contributed by atoms with E-state index in [0.717, 1.165) is 25.7 Å². The number of allylic oxidation sites excluding steroid dienone is 3. The van der Waals surface area contributed by atoms with Gasteiger partial charge < -0.3 is 19.7 Å². The minimum Gasteiger partial charge on any atom is -0.469 e. The Kier molecular flexibility index (Phi) is 7.38. The van der Waals surface area contributed by atoms with Crippen LogP contribution >= 0.6 is 0 Å². The van der Waals surface area contributed by atoms with Crippen molar-refractivity contribution >= 4 is 11.8 Å². The molecule has 0 radical (unpaired) electrons. The summed E-state index contributed by atoms with van der Waals surface area (Å²) in [4.78, 5) is 25.2. The molecule has 0 aromatic rings. The molecule has 6 nitrogen and oxygen atoms in total. The van der Waals surface area contributed by atoms with Gasteiger partial charge in [-0.05, 0) is 38.8 Å². The zero-order valence-corrected chi connectivity index (χ0v) is 17.1. The molecule has 6 heteroatoms. The highest BCUT2D eigenvalue weighted by molar-refractivity contribution is 6.03. The number of unbranched alkanes of at least 4 members (excludes halogenated alkanes) is 3. The number of aliphatic hydroxyl groups excluding tert-OH is 1. The van der Waals surface area contributed by atoms with Gasteiger partial charge in [-0.1, -0.05) is 26.2 Å². The molecule has 2 atom stereocenters. The van der Waals surface area contributed by atoms with Gasteiger partial charge >= 0.3 is 5.97 Å². The van der Waals surface area contributed by atoms with Crippen LogP contribution < -0.4 is 0 Å². The predicted octanol–water partition coefficient (Wildman–Crippen LogP) is 3.11. The Bertz CT molecular complexity index is 751. The number of hydrogen-bond donors (Lipinski definition) is 2. The SMILES string of the molecule is COC(=O)C1=C2C=COC(C)=C2[C@](C)(O)/C1=C/C(=O)[C@@H](C)CCCCCCO. The first kappa shape index (κ1) is 22.1. The van der Waals surface area contributed by atoms with Crippen molar-refractivity contribution in [1.82, 2.24) is 0 Å². The molecule has 0 amide bonds. The Morgan fingerprint density at radius 2 is 1.96 bits per heavy atom. The number of fused-ring (bicyclic) bond motifs is 1. The molecule has 2 N–H and O–H groups in total. The molecule has 28 heavy (non-hydrogen) atoms. The number of esters is 1. The molecule has 0 saturated heterocycles. The topological polar surface area (TPSA) is 93.1 Å². The highest BCUT2D eigenvalue weighted by Crippen LogP contribution is 2.48. The van der Waals surface area contributed by atoms with Crippen LogP contribution in [0.2, 0.25) is 0 Å². The molecule has 1 heterocycles. The smallest absolute Gasteiger partial charge is 0.338 e. The zero-order chi connectivity index (χ0) is 20.9. The third-order valence-electron chi connectivity index (χ3n) is 5.36. The van der Waals surface area contributed by atoms with E-state index in [1.165, 1.54) is 19.4 Å². The molecule has 0 fully saturated rings. The Balaban J connectivity index is 2.30. The van der Waals surface area contributed by atoms with Gasteiger partial charge in [-0.25, -0.2) is 4.79 Å². The van der Waals surface area contributed by atoms with Gasteiger partial charge in [0.2, 0.25) is 0 Å². The lowest BCUT2D eigenvalue weighted by atomic mass is 9.87. The number of carbonyl (C=O) groups is 2. The van der Waals surface area contributed by atoms with Gasteiger partial charge in [0, 0.05) is 29.2 Å². The maximum Gasteiger partial charge on any atom is 0.338 e. The van der Waals surface area contributed by atoms with E-state index in [0.29, 0.717) is 23.3 Å². The van der Waals surface area contributed by atoms with E-state index < -0.39 is 11.6 Å². The quantitative estimate of drug-likeness (QED) is 0.357. The van der Waals surface area contributed by atoms with Crippen LogP contribution in [0.5, 0.6) is 0 Å². The molecular weight excluding hydrogens is 360 g/mol. The number of carbonyl (C=O) groups excluding carboxylic acids is 2. The minimum absolute atomic E-state index is 0.138. The Hall–Kier alpha value is -2.18. The molecule has 1 aliphatic carbocycles. The summed E-state index contributed by atoms with van der Waals surface area (Å²) in [7, 11) is 1.27. The number of rotatable bonds is 9. The third kappa shape index (κ3) is 4.45. The van der Waals surface area contributed by atoms with E-state index in [9.17, 15) is 14.7 Å².